The van der Waals surface area contributed by atoms with Crippen LogP contribution in [0.15, 0.2) is 59.7 Å². The van der Waals surface area contributed by atoms with Gasteiger partial charge in [-0.3, -0.25) is 4.79 Å². The monoisotopic (exact) mass is 459 g/mol. The summed E-state index contributed by atoms with van der Waals surface area (Å²) >= 11 is 0. The Hall–Kier alpha value is -3.67. The molecule has 178 valence electrons. The lowest BCUT2D eigenvalue weighted by molar-refractivity contribution is -0.120. The number of nitrogens with one attached hydrogen (secondary N) is 1. The van der Waals surface area contributed by atoms with Crippen LogP contribution in [-0.4, -0.2) is 29.3 Å². The Morgan fingerprint density at radius 3 is 2.38 bits per heavy atom. The van der Waals surface area contributed by atoms with Crippen molar-refractivity contribution in [2.45, 2.75) is 53.4 Å². The first-order chi connectivity index (χ1) is 16.1. The van der Waals surface area contributed by atoms with Gasteiger partial charge in [-0.25, -0.2) is 10.2 Å². The number of ether oxygens (including phenoxy) is 1. The Kier molecular flexibility index (Phi) is 7.72. The van der Waals surface area contributed by atoms with Gasteiger partial charge in [-0.05, 0) is 55.5 Å². The van der Waals surface area contributed by atoms with Crippen molar-refractivity contribution in [1.29, 1.82) is 0 Å². The number of carbonyl (C=O) groups excluding carboxylic acids is 2. The number of amides is 1. The van der Waals surface area contributed by atoms with Crippen molar-refractivity contribution in [3.63, 3.8) is 0 Å². The molecule has 0 radical (unpaired) electrons. The van der Waals surface area contributed by atoms with Crippen molar-refractivity contribution in [3.05, 3.63) is 88.2 Å². The lowest BCUT2D eigenvalue weighted by atomic mass is 9.86. The average molecular weight is 460 g/mol. The number of esters is 1. The zero-order chi connectivity index (χ0) is 24.9. The molecule has 0 spiro atoms. The molecule has 0 saturated carbocycles. The highest BCUT2D eigenvalue weighted by molar-refractivity contribution is 5.94. The molecule has 6 nitrogen and oxygen atoms in total. The summed E-state index contributed by atoms with van der Waals surface area (Å²) in [6, 6.07) is 17.4. The van der Waals surface area contributed by atoms with Gasteiger partial charge in [0.05, 0.1) is 30.5 Å². The predicted molar refractivity (Wildman–Crippen MR) is 136 cm³/mol. The van der Waals surface area contributed by atoms with Gasteiger partial charge in [-0.2, -0.15) is 5.10 Å². The standard InChI is InChI=1S/C28H33N3O3/c1-7-34-27(33)24-10-8-9-11-25(24)31-19(2)16-22(20(31)3)18-29-30-26(32)17-21-12-14-23(15-13-21)28(4,5)6/h8-16,18H,7,17H2,1-6H3,(H,30,32)/b29-18-. The fourth-order valence-electron chi connectivity index (χ4n) is 3.86. The lowest BCUT2D eigenvalue weighted by Gasteiger charge is -2.19. The zero-order valence-electron chi connectivity index (χ0n) is 20.8. The van der Waals surface area contributed by atoms with E-state index in [-0.39, 0.29) is 23.7 Å². The van der Waals surface area contributed by atoms with Crippen molar-refractivity contribution in [3.8, 4) is 5.69 Å². The molecule has 1 aromatic heterocycles. The number of carbonyl (C=O) groups is 2. The van der Waals surface area contributed by atoms with E-state index in [0.29, 0.717) is 12.2 Å². The quantitative estimate of drug-likeness (QED) is 0.298. The molecule has 0 fully saturated rings. The highest BCUT2D eigenvalue weighted by Gasteiger charge is 2.17. The summed E-state index contributed by atoms with van der Waals surface area (Å²) in [5, 5.41) is 4.16. The first-order valence-corrected chi connectivity index (χ1v) is 11.5. The molecule has 0 saturated heterocycles. The molecule has 0 aliphatic heterocycles. The third kappa shape index (κ3) is 5.81. The molecule has 1 amide bonds. The number of hydrogen-bond acceptors (Lipinski definition) is 4. The van der Waals surface area contributed by atoms with Gasteiger partial charge < -0.3 is 9.30 Å². The summed E-state index contributed by atoms with van der Waals surface area (Å²) in [6.45, 7) is 12.5. The summed E-state index contributed by atoms with van der Waals surface area (Å²) in [4.78, 5) is 24.8. The first-order valence-electron chi connectivity index (χ1n) is 11.5. The summed E-state index contributed by atoms with van der Waals surface area (Å²) < 4.78 is 7.21. The van der Waals surface area contributed by atoms with Gasteiger partial charge in [0.25, 0.3) is 0 Å². The Labute approximate surface area is 201 Å². The van der Waals surface area contributed by atoms with Gasteiger partial charge in [-0.15, -0.1) is 0 Å². The largest absolute Gasteiger partial charge is 0.462 e. The van der Waals surface area contributed by atoms with E-state index in [1.165, 1.54) is 5.56 Å². The van der Waals surface area contributed by atoms with E-state index in [2.05, 4.69) is 43.4 Å². The topological polar surface area (TPSA) is 72.7 Å². The molecule has 0 unspecified atom stereocenters. The van der Waals surface area contributed by atoms with Crippen LogP contribution in [0.25, 0.3) is 5.69 Å². The van der Waals surface area contributed by atoms with E-state index in [4.69, 9.17) is 4.74 Å². The van der Waals surface area contributed by atoms with Crippen molar-refractivity contribution >= 4 is 18.1 Å². The second kappa shape index (κ2) is 10.5. The molecular formula is C28H33N3O3. The Bertz CT molecular complexity index is 1200. The van der Waals surface area contributed by atoms with Gasteiger partial charge in [0.1, 0.15) is 0 Å². The normalized spacial score (nSPS) is 11.6. The number of rotatable bonds is 7. The smallest absolute Gasteiger partial charge is 0.340 e. The van der Waals surface area contributed by atoms with Crippen molar-refractivity contribution in [1.82, 2.24) is 9.99 Å². The van der Waals surface area contributed by atoms with E-state index in [1.54, 1.807) is 19.2 Å². The minimum atomic E-state index is -0.358. The molecule has 6 heteroatoms. The SMILES string of the molecule is CCOC(=O)c1ccccc1-n1c(C)cc(/C=N\NC(=O)Cc2ccc(C(C)(C)C)cc2)c1C. The third-order valence-corrected chi connectivity index (χ3v) is 5.69. The Morgan fingerprint density at radius 2 is 1.74 bits per heavy atom. The summed E-state index contributed by atoms with van der Waals surface area (Å²) in [5.74, 6) is -0.537. The molecule has 0 aliphatic carbocycles. The first kappa shape index (κ1) is 25.0. The maximum Gasteiger partial charge on any atom is 0.340 e. The Morgan fingerprint density at radius 1 is 1.06 bits per heavy atom. The molecule has 2 aromatic carbocycles. The van der Waals surface area contributed by atoms with E-state index in [0.717, 1.165) is 28.2 Å². The van der Waals surface area contributed by atoms with Crippen LogP contribution in [0.3, 0.4) is 0 Å². The van der Waals surface area contributed by atoms with Crippen LogP contribution in [0.5, 0.6) is 0 Å². The number of nitrogens with zero attached hydrogens (tertiary/aromatic N) is 2. The number of hydrazone groups is 1. The second-order valence-electron chi connectivity index (χ2n) is 9.32. The van der Waals surface area contributed by atoms with Gasteiger partial charge >= 0.3 is 5.97 Å². The molecule has 0 atom stereocenters. The fraction of sp³-hybridized carbons (Fsp3) is 0.321. The van der Waals surface area contributed by atoms with Gasteiger partial charge in [0.15, 0.2) is 0 Å². The second-order valence-corrected chi connectivity index (χ2v) is 9.32. The average Bonchev–Trinajstić information content (AvgIpc) is 3.06. The third-order valence-electron chi connectivity index (χ3n) is 5.69. The molecule has 3 rings (SSSR count). The fourth-order valence-corrected chi connectivity index (χ4v) is 3.86. The minimum absolute atomic E-state index is 0.0777. The number of hydrogen-bond donors (Lipinski definition) is 1. The maximum absolute atomic E-state index is 12.4. The van der Waals surface area contributed by atoms with Gasteiger partial charge in [0, 0.05) is 17.0 Å². The van der Waals surface area contributed by atoms with Crippen molar-refractivity contribution in [2.75, 3.05) is 6.61 Å². The van der Waals surface area contributed by atoms with Gasteiger partial charge in [0.2, 0.25) is 5.91 Å². The van der Waals surface area contributed by atoms with E-state index >= 15 is 0 Å². The van der Waals surface area contributed by atoms with Crippen molar-refractivity contribution in [2.24, 2.45) is 5.10 Å². The van der Waals surface area contributed by atoms with Crippen LogP contribution >= 0.6 is 0 Å². The van der Waals surface area contributed by atoms with E-state index in [1.807, 2.05) is 54.8 Å². The molecular weight excluding hydrogens is 426 g/mol. The van der Waals surface area contributed by atoms with E-state index < -0.39 is 0 Å². The lowest BCUT2D eigenvalue weighted by Crippen LogP contribution is -2.20. The highest BCUT2D eigenvalue weighted by Crippen LogP contribution is 2.24. The summed E-state index contributed by atoms with van der Waals surface area (Å²) in [5.41, 5.74) is 8.82. The number of aromatic nitrogens is 1. The maximum atomic E-state index is 12.4. The van der Waals surface area contributed by atoms with Crippen LogP contribution in [0.4, 0.5) is 0 Å². The minimum Gasteiger partial charge on any atom is -0.462 e. The van der Waals surface area contributed by atoms with Crippen LogP contribution in [0.1, 0.15) is 66.1 Å². The zero-order valence-corrected chi connectivity index (χ0v) is 20.8. The predicted octanol–water partition coefficient (Wildman–Crippen LogP) is 5.26. The highest BCUT2D eigenvalue weighted by atomic mass is 16.5. The Balaban J connectivity index is 1.72. The number of aryl methyl sites for hydroxylation is 1. The van der Waals surface area contributed by atoms with Crippen LogP contribution in [-0.2, 0) is 21.4 Å². The molecule has 1 N–H and O–H groups in total. The van der Waals surface area contributed by atoms with Gasteiger partial charge in [-0.1, -0.05) is 57.2 Å². The molecule has 34 heavy (non-hydrogen) atoms. The molecule has 1 heterocycles. The molecule has 0 bridgehead atoms. The summed E-state index contributed by atoms with van der Waals surface area (Å²) in [7, 11) is 0. The van der Waals surface area contributed by atoms with Crippen LogP contribution in [0.2, 0.25) is 0 Å². The van der Waals surface area contributed by atoms with Crippen molar-refractivity contribution < 1.29 is 14.3 Å². The summed E-state index contributed by atoms with van der Waals surface area (Å²) in [6.07, 6.45) is 1.89. The molecule has 3 aromatic rings. The van der Waals surface area contributed by atoms with Crippen LogP contribution < -0.4 is 5.43 Å². The number of para-hydroxylation sites is 1. The number of benzene rings is 2. The van der Waals surface area contributed by atoms with Crippen LogP contribution in [0, 0.1) is 13.8 Å². The molecule has 0 aliphatic rings. The van der Waals surface area contributed by atoms with E-state index in [9.17, 15) is 9.59 Å².